The molecular weight excluding hydrogens is 284 g/mol. The molecule has 0 aliphatic heterocycles. The van der Waals surface area contributed by atoms with E-state index in [9.17, 15) is 5.11 Å². The average Bonchev–Trinajstić information content (AvgIpc) is 2.54. The number of methoxy groups -OCH3 is 2. The Labute approximate surface area is 131 Å². The molecule has 0 fully saturated rings. The van der Waals surface area contributed by atoms with Crippen molar-refractivity contribution < 1.29 is 24.1 Å². The Morgan fingerprint density at radius 3 is 2.45 bits per heavy atom. The quantitative estimate of drug-likeness (QED) is 0.502. The lowest BCUT2D eigenvalue weighted by molar-refractivity contribution is -0.172. The van der Waals surface area contributed by atoms with Gasteiger partial charge in [0, 0.05) is 13.5 Å². The van der Waals surface area contributed by atoms with Gasteiger partial charge in [-0.15, -0.1) is 6.58 Å². The molecule has 0 aliphatic rings. The van der Waals surface area contributed by atoms with E-state index in [4.69, 9.17) is 18.9 Å². The maximum Gasteiger partial charge on any atom is 0.183 e. The van der Waals surface area contributed by atoms with Crippen molar-refractivity contribution >= 4 is 0 Å². The fourth-order valence-electron chi connectivity index (χ4n) is 1.94. The van der Waals surface area contributed by atoms with Crippen LogP contribution >= 0.6 is 0 Å². The first kappa shape index (κ1) is 18.2. The number of hydrogen-bond acceptors (Lipinski definition) is 5. The number of hydrogen-bond donors (Lipinski definition) is 1. The Balaban J connectivity index is 2.75. The summed E-state index contributed by atoms with van der Waals surface area (Å²) in [6.07, 6.45) is 2.13. The summed E-state index contributed by atoms with van der Waals surface area (Å²) in [6.45, 7) is 7.89. The minimum Gasteiger partial charge on any atom is -0.493 e. The Kier molecular flexibility index (Phi) is 8.28. The van der Waals surface area contributed by atoms with Gasteiger partial charge >= 0.3 is 0 Å². The smallest absolute Gasteiger partial charge is 0.183 e. The second kappa shape index (κ2) is 10.00. The Hall–Kier alpha value is -1.82. The van der Waals surface area contributed by atoms with Gasteiger partial charge in [0.05, 0.1) is 13.7 Å². The Morgan fingerprint density at radius 2 is 1.86 bits per heavy atom. The second-order valence-electron chi connectivity index (χ2n) is 4.58. The third kappa shape index (κ3) is 5.52. The van der Waals surface area contributed by atoms with Crippen LogP contribution in [0.4, 0.5) is 0 Å². The molecule has 0 radical (unpaired) electrons. The zero-order chi connectivity index (χ0) is 16.4. The first-order chi connectivity index (χ1) is 10.7. The van der Waals surface area contributed by atoms with Crippen LogP contribution in [0, 0.1) is 0 Å². The molecule has 0 amide bonds. The summed E-state index contributed by atoms with van der Waals surface area (Å²) >= 11 is 0. The topological polar surface area (TPSA) is 57.2 Å². The maximum atomic E-state index is 10.2. The van der Waals surface area contributed by atoms with Crippen LogP contribution < -0.4 is 9.47 Å². The third-order valence-corrected chi connectivity index (χ3v) is 2.95. The van der Waals surface area contributed by atoms with Crippen molar-refractivity contribution in [2.45, 2.75) is 18.8 Å². The van der Waals surface area contributed by atoms with Gasteiger partial charge in [-0.05, 0) is 17.7 Å². The molecule has 0 saturated heterocycles. The predicted octanol–water partition coefficient (Wildman–Crippen LogP) is 2.34. The summed E-state index contributed by atoms with van der Waals surface area (Å²) in [4.78, 5) is 0. The van der Waals surface area contributed by atoms with Crippen LogP contribution in [0.3, 0.4) is 0 Å². The number of ether oxygens (including phenoxy) is 4. The van der Waals surface area contributed by atoms with Crippen LogP contribution in [0.1, 0.15) is 5.56 Å². The molecule has 22 heavy (non-hydrogen) atoms. The molecule has 0 saturated carbocycles. The van der Waals surface area contributed by atoms with Crippen molar-refractivity contribution in [3.63, 3.8) is 0 Å². The highest BCUT2D eigenvalue weighted by atomic mass is 16.7. The van der Waals surface area contributed by atoms with Crippen molar-refractivity contribution in [3.8, 4) is 11.5 Å². The van der Waals surface area contributed by atoms with E-state index in [-0.39, 0.29) is 0 Å². The lowest BCUT2D eigenvalue weighted by Gasteiger charge is -2.21. The van der Waals surface area contributed by atoms with Crippen LogP contribution in [-0.4, -0.2) is 44.9 Å². The van der Waals surface area contributed by atoms with E-state index >= 15 is 0 Å². The minimum atomic E-state index is -0.797. The molecule has 2 unspecified atom stereocenters. The van der Waals surface area contributed by atoms with E-state index in [1.807, 2.05) is 12.1 Å². The molecule has 0 aromatic heterocycles. The van der Waals surface area contributed by atoms with Crippen molar-refractivity contribution in [1.82, 2.24) is 0 Å². The first-order valence-electron chi connectivity index (χ1n) is 7.00. The molecule has 0 bridgehead atoms. The van der Waals surface area contributed by atoms with Gasteiger partial charge in [-0.1, -0.05) is 24.8 Å². The van der Waals surface area contributed by atoms with Crippen LogP contribution in [0.15, 0.2) is 43.5 Å². The largest absolute Gasteiger partial charge is 0.493 e. The Morgan fingerprint density at radius 1 is 1.14 bits per heavy atom. The highest BCUT2D eigenvalue weighted by Crippen LogP contribution is 2.28. The molecule has 2 atom stereocenters. The van der Waals surface area contributed by atoms with Gasteiger partial charge in [0.2, 0.25) is 0 Å². The van der Waals surface area contributed by atoms with E-state index in [1.54, 1.807) is 25.3 Å². The molecule has 5 nitrogen and oxygen atoms in total. The summed E-state index contributed by atoms with van der Waals surface area (Å²) in [7, 11) is 3.06. The minimum absolute atomic E-state index is 0.313. The molecular formula is C17H24O5. The Bertz CT molecular complexity index is 472. The lowest BCUT2D eigenvalue weighted by atomic mass is 10.1. The van der Waals surface area contributed by atoms with E-state index < -0.39 is 12.4 Å². The van der Waals surface area contributed by atoms with Crippen LogP contribution in [0.25, 0.3) is 0 Å². The molecule has 1 rings (SSSR count). The standard InChI is InChI=1S/C17H24O5/c1-5-9-21-15-8-7-13(12-16(15)19-3)11-14(18)17(20-4)22-10-6-2/h5-8,12,14,17-18H,1-2,9-11H2,3-4H3. The molecule has 0 aliphatic carbocycles. The second-order valence-corrected chi connectivity index (χ2v) is 4.58. The van der Waals surface area contributed by atoms with E-state index in [0.29, 0.717) is 31.1 Å². The van der Waals surface area contributed by atoms with Gasteiger partial charge in [0.1, 0.15) is 12.7 Å². The van der Waals surface area contributed by atoms with Gasteiger partial charge in [-0.2, -0.15) is 0 Å². The van der Waals surface area contributed by atoms with Gasteiger partial charge < -0.3 is 24.1 Å². The number of aliphatic hydroxyl groups excluding tert-OH is 1. The first-order valence-corrected chi connectivity index (χ1v) is 7.00. The van der Waals surface area contributed by atoms with Crippen molar-refractivity contribution in [2.75, 3.05) is 27.4 Å². The number of benzene rings is 1. The van der Waals surface area contributed by atoms with E-state index in [2.05, 4.69) is 13.2 Å². The predicted molar refractivity (Wildman–Crippen MR) is 85.3 cm³/mol. The van der Waals surface area contributed by atoms with Gasteiger partial charge in [-0.25, -0.2) is 0 Å². The van der Waals surface area contributed by atoms with Crippen molar-refractivity contribution in [2.24, 2.45) is 0 Å². The van der Waals surface area contributed by atoms with E-state index in [0.717, 1.165) is 5.56 Å². The maximum absolute atomic E-state index is 10.2. The average molecular weight is 308 g/mol. The fraction of sp³-hybridized carbons (Fsp3) is 0.412. The molecule has 1 N–H and O–H groups in total. The molecule has 1 aromatic rings. The zero-order valence-corrected chi connectivity index (χ0v) is 13.2. The third-order valence-electron chi connectivity index (χ3n) is 2.95. The molecule has 0 heterocycles. The van der Waals surface area contributed by atoms with Gasteiger partial charge in [0.15, 0.2) is 17.8 Å². The van der Waals surface area contributed by atoms with Crippen LogP contribution in [0.2, 0.25) is 0 Å². The molecule has 5 heteroatoms. The highest BCUT2D eigenvalue weighted by molar-refractivity contribution is 5.43. The molecule has 1 aromatic carbocycles. The molecule has 0 spiro atoms. The van der Waals surface area contributed by atoms with Crippen LogP contribution in [-0.2, 0) is 15.9 Å². The van der Waals surface area contributed by atoms with E-state index in [1.165, 1.54) is 7.11 Å². The lowest BCUT2D eigenvalue weighted by Crippen LogP contribution is -2.32. The summed E-state index contributed by atoms with van der Waals surface area (Å²) in [5.41, 5.74) is 0.888. The molecule has 122 valence electrons. The number of aliphatic hydroxyl groups is 1. The van der Waals surface area contributed by atoms with Gasteiger partial charge in [0.25, 0.3) is 0 Å². The fourth-order valence-corrected chi connectivity index (χ4v) is 1.94. The van der Waals surface area contributed by atoms with Gasteiger partial charge in [-0.3, -0.25) is 0 Å². The highest BCUT2D eigenvalue weighted by Gasteiger charge is 2.20. The number of rotatable bonds is 11. The van der Waals surface area contributed by atoms with Crippen molar-refractivity contribution in [3.05, 3.63) is 49.1 Å². The summed E-state index contributed by atoms with van der Waals surface area (Å²) in [5, 5.41) is 10.2. The normalized spacial score (nSPS) is 13.2. The zero-order valence-electron chi connectivity index (χ0n) is 13.2. The van der Waals surface area contributed by atoms with Crippen molar-refractivity contribution in [1.29, 1.82) is 0 Å². The monoisotopic (exact) mass is 308 g/mol. The summed E-state index contributed by atoms with van der Waals surface area (Å²) in [5.74, 6) is 1.24. The summed E-state index contributed by atoms with van der Waals surface area (Å²) < 4.78 is 21.3. The summed E-state index contributed by atoms with van der Waals surface area (Å²) in [6, 6.07) is 5.49. The van der Waals surface area contributed by atoms with Crippen LogP contribution in [0.5, 0.6) is 11.5 Å². The SMILES string of the molecule is C=CCOc1ccc(CC(O)C(OC)OCC=C)cc1OC.